The number of benzene rings is 1. The topological polar surface area (TPSA) is 17.1 Å². The van der Waals surface area contributed by atoms with Crippen molar-refractivity contribution in [2.75, 3.05) is 0 Å². The van der Waals surface area contributed by atoms with E-state index in [1.807, 2.05) is 44.2 Å². The van der Waals surface area contributed by atoms with Gasteiger partial charge in [0.1, 0.15) is 0 Å². The Kier molecular flexibility index (Phi) is 3.65. The van der Waals surface area contributed by atoms with Crippen LogP contribution >= 0.6 is 22.9 Å². The molecule has 0 atom stereocenters. The zero-order valence-electron chi connectivity index (χ0n) is 9.79. The van der Waals surface area contributed by atoms with Crippen molar-refractivity contribution in [3.8, 4) is 10.4 Å². The fraction of sp³-hybridized carbons (Fsp3) is 0.214. The summed E-state index contributed by atoms with van der Waals surface area (Å²) in [6.07, 6.45) is 0.555. The molecule has 2 rings (SSSR count). The average Bonchev–Trinajstić information content (AvgIpc) is 2.77. The van der Waals surface area contributed by atoms with E-state index in [1.54, 1.807) is 11.3 Å². The number of carbonyl (C=O) groups is 1. The van der Waals surface area contributed by atoms with Crippen molar-refractivity contribution in [1.82, 2.24) is 0 Å². The summed E-state index contributed by atoms with van der Waals surface area (Å²) >= 11 is 7.48. The first-order valence-corrected chi connectivity index (χ1v) is 6.71. The Labute approximate surface area is 110 Å². The molecule has 0 amide bonds. The number of aryl methyl sites for hydroxylation is 1. The van der Waals surface area contributed by atoms with E-state index in [4.69, 9.17) is 11.6 Å². The summed E-state index contributed by atoms with van der Waals surface area (Å²) in [5, 5.41) is 0.743. The Hall–Kier alpha value is -1.12. The molecule has 0 aliphatic heterocycles. The maximum Gasteiger partial charge on any atom is 0.172 e. The molecule has 0 spiro atoms. The maximum atomic E-state index is 11.6. The van der Waals surface area contributed by atoms with Crippen LogP contribution in [-0.4, -0.2) is 5.78 Å². The Morgan fingerprint density at radius 3 is 2.71 bits per heavy atom. The molecule has 0 radical (unpaired) electrons. The second-order valence-electron chi connectivity index (χ2n) is 3.90. The molecule has 1 heterocycles. The van der Waals surface area contributed by atoms with Crippen molar-refractivity contribution >= 4 is 28.7 Å². The van der Waals surface area contributed by atoms with Gasteiger partial charge in [-0.25, -0.2) is 0 Å². The zero-order valence-corrected chi connectivity index (χ0v) is 11.4. The van der Waals surface area contributed by atoms with E-state index >= 15 is 0 Å². The Morgan fingerprint density at radius 2 is 2.06 bits per heavy atom. The van der Waals surface area contributed by atoms with Gasteiger partial charge in [0.2, 0.25) is 0 Å². The summed E-state index contributed by atoms with van der Waals surface area (Å²) in [4.78, 5) is 13.5. The largest absolute Gasteiger partial charge is 0.293 e. The summed E-state index contributed by atoms with van der Waals surface area (Å²) < 4.78 is 0. The highest BCUT2D eigenvalue weighted by Gasteiger charge is 2.09. The van der Waals surface area contributed by atoms with Crippen molar-refractivity contribution in [3.05, 3.63) is 45.8 Å². The lowest BCUT2D eigenvalue weighted by atomic mass is 10.1. The zero-order chi connectivity index (χ0) is 12.4. The smallest absolute Gasteiger partial charge is 0.172 e. The monoisotopic (exact) mass is 264 g/mol. The van der Waals surface area contributed by atoms with E-state index < -0.39 is 0 Å². The van der Waals surface area contributed by atoms with Gasteiger partial charge in [0, 0.05) is 16.3 Å². The first kappa shape index (κ1) is 12.3. The van der Waals surface area contributed by atoms with Crippen LogP contribution in [0.4, 0.5) is 0 Å². The number of ketones is 1. The SMILES string of the molecule is CCC(=O)c1ccc(-c2ccc(Cl)cc2C)s1. The average molecular weight is 265 g/mol. The second kappa shape index (κ2) is 5.03. The van der Waals surface area contributed by atoms with Gasteiger partial charge in [-0.15, -0.1) is 11.3 Å². The molecule has 0 fully saturated rings. The van der Waals surface area contributed by atoms with Crippen molar-refractivity contribution in [1.29, 1.82) is 0 Å². The molecule has 0 aliphatic rings. The van der Waals surface area contributed by atoms with Crippen LogP contribution in [0.5, 0.6) is 0 Å². The van der Waals surface area contributed by atoms with Gasteiger partial charge in [0.05, 0.1) is 4.88 Å². The number of rotatable bonds is 3. The predicted octanol–water partition coefficient (Wildman–Crippen LogP) is 4.97. The summed E-state index contributed by atoms with van der Waals surface area (Å²) in [6, 6.07) is 9.73. The minimum Gasteiger partial charge on any atom is -0.293 e. The van der Waals surface area contributed by atoms with E-state index in [1.165, 1.54) is 0 Å². The Morgan fingerprint density at radius 1 is 1.29 bits per heavy atom. The minimum absolute atomic E-state index is 0.202. The van der Waals surface area contributed by atoms with Crippen LogP contribution in [0.3, 0.4) is 0 Å². The Balaban J connectivity index is 2.40. The molecule has 1 aromatic heterocycles. The number of hydrogen-bond acceptors (Lipinski definition) is 2. The first-order chi connectivity index (χ1) is 8.11. The van der Waals surface area contributed by atoms with Crippen LogP contribution in [-0.2, 0) is 0 Å². The highest BCUT2D eigenvalue weighted by molar-refractivity contribution is 7.17. The summed E-state index contributed by atoms with van der Waals surface area (Å²) in [5.41, 5.74) is 2.28. The summed E-state index contributed by atoms with van der Waals surface area (Å²) in [7, 11) is 0. The van der Waals surface area contributed by atoms with E-state index in [2.05, 4.69) is 0 Å². The van der Waals surface area contributed by atoms with Crippen LogP contribution in [0.15, 0.2) is 30.3 Å². The van der Waals surface area contributed by atoms with E-state index in [9.17, 15) is 4.79 Å². The van der Waals surface area contributed by atoms with Gasteiger partial charge in [-0.3, -0.25) is 4.79 Å². The van der Waals surface area contributed by atoms with Gasteiger partial charge < -0.3 is 0 Å². The highest BCUT2D eigenvalue weighted by Crippen LogP contribution is 2.32. The molecule has 17 heavy (non-hydrogen) atoms. The van der Waals surface area contributed by atoms with Gasteiger partial charge in [0.15, 0.2) is 5.78 Å². The molecule has 0 aliphatic carbocycles. The fourth-order valence-corrected chi connectivity index (χ4v) is 3.04. The van der Waals surface area contributed by atoms with Crippen LogP contribution in [0.25, 0.3) is 10.4 Å². The van der Waals surface area contributed by atoms with Gasteiger partial charge in [0.25, 0.3) is 0 Å². The van der Waals surface area contributed by atoms with Crippen molar-refractivity contribution in [2.45, 2.75) is 20.3 Å². The molecule has 88 valence electrons. The van der Waals surface area contributed by atoms with Crippen LogP contribution in [0.2, 0.25) is 5.02 Å². The number of thiophene rings is 1. The second-order valence-corrected chi connectivity index (χ2v) is 5.42. The normalized spacial score (nSPS) is 10.5. The number of Topliss-reactive ketones (excluding diaryl/α,β-unsaturated/α-hetero) is 1. The lowest BCUT2D eigenvalue weighted by molar-refractivity contribution is 0.0992. The molecule has 0 saturated carbocycles. The quantitative estimate of drug-likeness (QED) is 0.716. The molecule has 2 aromatic rings. The lowest BCUT2D eigenvalue weighted by Crippen LogP contribution is -1.90. The molecule has 1 nitrogen and oxygen atoms in total. The molecule has 1 aromatic carbocycles. The van der Waals surface area contributed by atoms with Crippen molar-refractivity contribution in [2.24, 2.45) is 0 Å². The number of hydrogen-bond donors (Lipinski definition) is 0. The highest BCUT2D eigenvalue weighted by atomic mass is 35.5. The molecule has 0 bridgehead atoms. The van der Waals surface area contributed by atoms with E-state index in [0.29, 0.717) is 6.42 Å². The van der Waals surface area contributed by atoms with Crippen molar-refractivity contribution < 1.29 is 4.79 Å². The number of halogens is 1. The predicted molar refractivity (Wildman–Crippen MR) is 74.1 cm³/mol. The van der Waals surface area contributed by atoms with E-state index in [-0.39, 0.29) is 5.78 Å². The summed E-state index contributed by atoms with van der Waals surface area (Å²) in [5.74, 6) is 0.202. The standard InChI is InChI=1S/C14H13ClOS/c1-3-12(16)14-7-6-13(17-14)11-5-4-10(15)8-9(11)2/h4-8H,3H2,1-2H3. The minimum atomic E-state index is 0.202. The maximum absolute atomic E-state index is 11.6. The van der Waals surface area contributed by atoms with Crippen LogP contribution in [0, 0.1) is 6.92 Å². The first-order valence-electron chi connectivity index (χ1n) is 5.51. The van der Waals surface area contributed by atoms with Crippen LogP contribution < -0.4 is 0 Å². The third-order valence-electron chi connectivity index (χ3n) is 2.66. The lowest BCUT2D eigenvalue weighted by Gasteiger charge is -2.03. The molecule has 0 N–H and O–H groups in total. The van der Waals surface area contributed by atoms with Crippen LogP contribution in [0.1, 0.15) is 28.6 Å². The number of carbonyl (C=O) groups excluding carboxylic acids is 1. The van der Waals surface area contributed by atoms with Crippen molar-refractivity contribution in [3.63, 3.8) is 0 Å². The van der Waals surface area contributed by atoms with E-state index in [0.717, 1.165) is 25.9 Å². The molecule has 3 heteroatoms. The summed E-state index contributed by atoms with van der Waals surface area (Å²) in [6.45, 7) is 3.91. The van der Waals surface area contributed by atoms with Gasteiger partial charge in [-0.1, -0.05) is 24.6 Å². The van der Waals surface area contributed by atoms with Gasteiger partial charge in [-0.05, 0) is 42.3 Å². The fourth-order valence-electron chi connectivity index (χ4n) is 1.71. The third kappa shape index (κ3) is 2.59. The molecular formula is C14H13ClOS. The molecule has 0 saturated heterocycles. The third-order valence-corrected chi connectivity index (χ3v) is 4.05. The Bertz CT molecular complexity index is 557. The molecule has 0 unspecified atom stereocenters. The van der Waals surface area contributed by atoms with Gasteiger partial charge in [-0.2, -0.15) is 0 Å². The van der Waals surface area contributed by atoms with Gasteiger partial charge >= 0.3 is 0 Å². The molecular weight excluding hydrogens is 252 g/mol.